The standard InChI is InChI=1S/C12H14Cl3N3O/c13-12(14,15)11(18-6-1-2-7-18)17-10(19)9-4-3-5-16-8-9/h3-5,8,11H,1-2,6-7H2,(H,17,19). The molecule has 7 heteroatoms. The summed E-state index contributed by atoms with van der Waals surface area (Å²) in [6.07, 6.45) is 4.53. The number of likely N-dealkylation sites (tertiary alicyclic amines) is 1. The van der Waals surface area contributed by atoms with E-state index in [2.05, 4.69) is 10.3 Å². The molecule has 1 aliphatic heterocycles. The van der Waals surface area contributed by atoms with Crippen molar-refractivity contribution in [1.29, 1.82) is 0 Å². The molecule has 1 aromatic heterocycles. The lowest BCUT2D eigenvalue weighted by molar-refractivity contribution is 0.0874. The monoisotopic (exact) mass is 321 g/mol. The first kappa shape index (κ1) is 14.9. The van der Waals surface area contributed by atoms with Crippen molar-refractivity contribution in [2.45, 2.75) is 22.8 Å². The van der Waals surface area contributed by atoms with Gasteiger partial charge in [-0.05, 0) is 25.0 Å². The third-order valence-corrected chi connectivity index (χ3v) is 3.63. The predicted octanol–water partition coefficient (Wildman–Crippen LogP) is 2.60. The fourth-order valence-electron chi connectivity index (χ4n) is 2.08. The lowest BCUT2D eigenvalue weighted by atomic mass is 10.2. The molecule has 2 heterocycles. The maximum Gasteiger partial charge on any atom is 0.254 e. The van der Waals surface area contributed by atoms with Gasteiger partial charge < -0.3 is 5.32 Å². The van der Waals surface area contributed by atoms with Crippen LogP contribution in [0, 0.1) is 0 Å². The van der Waals surface area contributed by atoms with Gasteiger partial charge in [-0.1, -0.05) is 34.8 Å². The van der Waals surface area contributed by atoms with Gasteiger partial charge in [0.25, 0.3) is 5.91 Å². The first-order chi connectivity index (χ1) is 8.98. The number of halogens is 3. The molecule has 4 nitrogen and oxygen atoms in total. The van der Waals surface area contributed by atoms with E-state index in [9.17, 15) is 4.79 Å². The lowest BCUT2D eigenvalue weighted by Gasteiger charge is -2.33. The fourth-order valence-corrected chi connectivity index (χ4v) is 2.66. The molecule has 1 unspecified atom stereocenters. The molecule has 1 aliphatic rings. The van der Waals surface area contributed by atoms with Crippen LogP contribution >= 0.6 is 34.8 Å². The first-order valence-electron chi connectivity index (χ1n) is 6.00. The molecular formula is C12H14Cl3N3O. The highest BCUT2D eigenvalue weighted by atomic mass is 35.6. The Labute approximate surface area is 127 Å². The quantitative estimate of drug-likeness (QED) is 0.870. The van der Waals surface area contributed by atoms with E-state index in [1.165, 1.54) is 6.20 Å². The molecule has 0 spiro atoms. The van der Waals surface area contributed by atoms with Gasteiger partial charge in [-0.15, -0.1) is 0 Å². The normalized spacial score (nSPS) is 18.3. The minimum atomic E-state index is -1.57. The molecular weight excluding hydrogens is 309 g/mol. The SMILES string of the molecule is O=C(NC(N1CCCC1)C(Cl)(Cl)Cl)c1cccnc1. The fraction of sp³-hybridized carbons (Fsp3) is 0.500. The van der Waals surface area contributed by atoms with Crippen molar-refractivity contribution < 1.29 is 4.79 Å². The molecule has 2 rings (SSSR count). The van der Waals surface area contributed by atoms with Crippen molar-refractivity contribution in [3.63, 3.8) is 0 Å². The van der Waals surface area contributed by atoms with Crippen LogP contribution in [0.25, 0.3) is 0 Å². The van der Waals surface area contributed by atoms with E-state index >= 15 is 0 Å². The number of pyridine rings is 1. The van der Waals surface area contributed by atoms with Gasteiger partial charge in [0.2, 0.25) is 3.79 Å². The molecule has 0 radical (unpaired) electrons. The molecule has 19 heavy (non-hydrogen) atoms. The topological polar surface area (TPSA) is 45.2 Å². The smallest absolute Gasteiger partial charge is 0.254 e. The highest BCUT2D eigenvalue weighted by Crippen LogP contribution is 2.33. The molecule has 1 saturated heterocycles. The Balaban J connectivity index is 2.10. The van der Waals surface area contributed by atoms with E-state index in [0.29, 0.717) is 5.56 Å². The number of nitrogens with zero attached hydrogens (tertiary/aromatic N) is 2. The van der Waals surface area contributed by atoms with Crippen LogP contribution < -0.4 is 5.32 Å². The van der Waals surface area contributed by atoms with Crippen LogP contribution in [0.4, 0.5) is 0 Å². The van der Waals surface area contributed by atoms with Gasteiger partial charge in [0, 0.05) is 25.5 Å². The second kappa shape index (κ2) is 6.27. The van der Waals surface area contributed by atoms with Gasteiger partial charge in [0.1, 0.15) is 6.17 Å². The number of carbonyl (C=O) groups excluding carboxylic acids is 1. The zero-order valence-electron chi connectivity index (χ0n) is 10.2. The molecule has 0 saturated carbocycles. The van der Waals surface area contributed by atoms with Crippen LogP contribution in [-0.4, -0.2) is 38.8 Å². The van der Waals surface area contributed by atoms with Gasteiger partial charge in [0.05, 0.1) is 5.56 Å². The predicted molar refractivity (Wildman–Crippen MR) is 76.6 cm³/mol. The summed E-state index contributed by atoms with van der Waals surface area (Å²) in [5.41, 5.74) is 0.445. The molecule has 1 amide bonds. The lowest BCUT2D eigenvalue weighted by Crippen LogP contribution is -2.54. The highest BCUT2D eigenvalue weighted by molar-refractivity contribution is 6.68. The number of carbonyl (C=O) groups is 1. The summed E-state index contributed by atoms with van der Waals surface area (Å²) in [5, 5.41) is 2.77. The van der Waals surface area contributed by atoms with Gasteiger partial charge in [-0.3, -0.25) is 14.7 Å². The van der Waals surface area contributed by atoms with E-state index in [1.807, 2.05) is 4.90 Å². The summed E-state index contributed by atoms with van der Waals surface area (Å²) < 4.78 is -1.57. The number of nitrogens with one attached hydrogen (secondary N) is 1. The van der Waals surface area contributed by atoms with Crippen molar-refractivity contribution in [1.82, 2.24) is 15.2 Å². The molecule has 104 valence electrons. The van der Waals surface area contributed by atoms with Gasteiger partial charge in [-0.25, -0.2) is 0 Å². The van der Waals surface area contributed by atoms with Crippen molar-refractivity contribution in [2.75, 3.05) is 13.1 Å². The third-order valence-electron chi connectivity index (χ3n) is 3.01. The highest BCUT2D eigenvalue weighted by Gasteiger charge is 2.39. The van der Waals surface area contributed by atoms with E-state index in [1.54, 1.807) is 18.3 Å². The molecule has 1 atom stereocenters. The Morgan fingerprint density at radius 3 is 2.58 bits per heavy atom. The van der Waals surface area contributed by atoms with Crippen molar-refractivity contribution in [3.8, 4) is 0 Å². The Hall–Kier alpha value is -0.550. The third kappa shape index (κ3) is 3.96. The van der Waals surface area contributed by atoms with Crippen LogP contribution in [0.3, 0.4) is 0 Å². The molecule has 1 N–H and O–H groups in total. The minimum Gasteiger partial charge on any atom is -0.332 e. The summed E-state index contributed by atoms with van der Waals surface area (Å²) in [6.45, 7) is 1.62. The summed E-state index contributed by atoms with van der Waals surface area (Å²) >= 11 is 17.9. The average molecular weight is 323 g/mol. The zero-order chi connectivity index (χ0) is 13.9. The second-order valence-corrected chi connectivity index (χ2v) is 6.77. The zero-order valence-corrected chi connectivity index (χ0v) is 12.4. The van der Waals surface area contributed by atoms with Crippen molar-refractivity contribution in [2.24, 2.45) is 0 Å². The summed E-state index contributed by atoms with van der Waals surface area (Å²) in [7, 11) is 0. The van der Waals surface area contributed by atoms with Gasteiger partial charge in [-0.2, -0.15) is 0 Å². The first-order valence-corrected chi connectivity index (χ1v) is 7.13. The molecule has 0 bridgehead atoms. The number of rotatable bonds is 3. The maximum absolute atomic E-state index is 12.1. The van der Waals surface area contributed by atoms with Gasteiger partial charge in [0.15, 0.2) is 0 Å². The Morgan fingerprint density at radius 2 is 2.05 bits per heavy atom. The maximum atomic E-state index is 12.1. The number of hydrogen-bond acceptors (Lipinski definition) is 3. The van der Waals surface area contributed by atoms with E-state index in [-0.39, 0.29) is 5.91 Å². The number of alkyl halides is 3. The van der Waals surface area contributed by atoms with Crippen molar-refractivity contribution >= 4 is 40.7 Å². The van der Waals surface area contributed by atoms with Crippen LogP contribution in [-0.2, 0) is 0 Å². The van der Waals surface area contributed by atoms with E-state index in [4.69, 9.17) is 34.8 Å². The van der Waals surface area contributed by atoms with E-state index in [0.717, 1.165) is 25.9 Å². The van der Waals surface area contributed by atoms with Crippen LogP contribution in [0.1, 0.15) is 23.2 Å². The van der Waals surface area contributed by atoms with Crippen LogP contribution in [0.2, 0.25) is 0 Å². The molecule has 0 aliphatic carbocycles. The number of amides is 1. The van der Waals surface area contributed by atoms with E-state index < -0.39 is 9.96 Å². The Morgan fingerprint density at radius 1 is 1.37 bits per heavy atom. The van der Waals surface area contributed by atoms with Crippen LogP contribution in [0.5, 0.6) is 0 Å². The average Bonchev–Trinajstić information content (AvgIpc) is 2.88. The molecule has 1 aromatic rings. The summed E-state index contributed by atoms with van der Waals surface area (Å²) in [6, 6.07) is 3.36. The van der Waals surface area contributed by atoms with Crippen molar-refractivity contribution in [3.05, 3.63) is 30.1 Å². The Kier molecular flexibility index (Phi) is 4.90. The molecule has 1 fully saturated rings. The summed E-state index contributed by atoms with van der Waals surface area (Å²) in [4.78, 5) is 18.0. The number of aromatic nitrogens is 1. The van der Waals surface area contributed by atoms with Gasteiger partial charge >= 0.3 is 0 Å². The largest absolute Gasteiger partial charge is 0.332 e. The van der Waals surface area contributed by atoms with Crippen LogP contribution in [0.15, 0.2) is 24.5 Å². The summed E-state index contributed by atoms with van der Waals surface area (Å²) in [5.74, 6) is -0.295. The number of hydrogen-bond donors (Lipinski definition) is 1. The minimum absolute atomic E-state index is 0.295. The Bertz CT molecular complexity index is 430. The molecule has 0 aromatic carbocycles. The second-order valence-electron chi connectivity index (χ2n) is 4.40.